The molecule has 0 amide bonds. The van der Waals surface area contributed by atoms with Gasteiger partial charge in [-0.25, -0.2) is 4.79 Å². The molecule has 0 atom stereocenters. The van der Waals surface area contributed by atoms with Crippen molar-refractivity contribution in [2.24, 2.45) is 5.41 Å². The Kier molecular flexibility index (Phi) is 14.9. The number of esters is 2. The SMILES string of the molecule is C=C(C)C(=O)OCCC[Si](O[Si](O[Si](CCCOC(=O)C(C)(C)C)(c1ccccc1)c1ccccc1)(c1ccccc1)c1ccccc1)(c1ccccc1)c1ccccc1. The van der Waals surface area contributed by atoms with Crippen LogP contribution in [0.3, 0.4) is 0 Å². The Morgan fingerprint density at radius 1 is 0.467 bits per heavy atom. The number of hydrogen-bond donors (Lipinski definition) is 0. The molecule has 0 N–H and O–H groups in total. The Labute approximate surface area is 359 Å². The van der Waals surface area contributed by atoms with Crippen LogP contribution in [0.2, 0.25) is 12.1 Å². The molecule has 308 valence electrons. The maximum atomic E-state index is 13.1. The fraction of sp³-hybridized carbons (Fsp3) is 0.216. The number of carbonyl (C=O) groups is 2. The first-order chi connectivity index (χ1) is 29.0. The second-order valence-electron chi connectivity index (χ2n) is 16.2. The lowest BCUT2D eigenvalue weighted by molar-refractivity contribution is -0.152. The van der Waals surface area contributed by atoms with Crippen molar-refractivity contribution in [3.8, 4) is 0 Å². The number of rotatable bonds is 19. The summed E-state index contributed by atoms with van der Waals surface area (Å²) in [5.41, 5.74) is -0.253. The van der Waals surface area contributed by atoms with Crippen LogP contribution in [0.5, 0.6) is 0 Å². The summed E-state index contributed by atoms with van der Waals surface area (Å²) in [7, 11) is -10.6. The molecule has 6 aromatic carbocycles. The third-order valence-electron chi connectivity index (χ3n) is 10.7. The number of benzene rings is 6. The molecule has 9 heteroatoms. The normalized spacial score (nSPS) is 12.1. The van der Waals surface area contributed by atoms with Crippen LogP contribution in [0, 0.1) is 5.41 Å². The van der Waals surface area contributed by atoms with E-state index in [-0.39, 0.29) is 19.2 Å². The van der Waals surface area contributed by atoms with Gasteiger partial charge in [-0.05, 0) is 83.7 Å². The van der Waals surface area contributed by atoms with Gasteiger partial charge in [-0.15, -0.1) is 0 Å². The Balaban J connectivity index is 1.63. The van der Waals surface area contributed by atoms with E-state index in [1.165, 1.54) is 0 Å². The molecule has 0 aromatic heterocycles. The molecule has 6 nitrogen and oxygen atoms in total. The molecule has 0 bridgehead atoms. The Bertz CT molecular complexity index is 2150. The molecule has 0 heterocycles. The van der Waals surface area contributed by atoms with E-state index in [0.717, 1.165) is 31.1 Å². The van der Waals surface area contributed by atoms with Crippen LogP contribution in [0.1, 0.15) is 40.5 Å². The van der Waals surface area contributed by atoms with Crippen LogP contribution in [-0.4, -0.2) is 50.3 Å². The summed E-state index contributed by atoms with van der Waals surface area (Å²) in [5, 5.41) is 6.35. The highest BCUT2D eigenvalue weighted by atomic mass is 28.5. The average Bonchev–Trinajstić information content (AvgIpc) is 3.29. The molecule has 0 spiro atoms. The Hall–Kier alpha value is -5.43. The summed E-state index contributed by atoms with van der Waals surface area (Å²) in [4.78, 5) is 25.7. The fourth-order valence-corrected chi connectivity index (χ4v) is 24.3. The van der Waals surface area contributed by atoms with E-state index in [1.54, 1.807) is 6.92 Å². The fourth-order valence-electron chi connectivity index (χ4n) is 7.62. The van der Waals surface area contributed by atoms with Crippen molar-refractivity contribution in [3.05, 3.63) is 194 Å². The highest BCUT2D eigenvalue weighted by Crippen LogP contribution is 2.29. The number of carbonyl (C=O) groups excluding carboxylic acids is 2. The van der Waals surface area contributed by atoms with Gasteiger partial charge in [-0.3, -0.25) is 4.79 Å². The maximum Gasteiger partial charge on any atom is 0.387 e. The van der Waals surface area contributed by atoms with Crippen LogP contribution in [-0.2, 0) is 27.3 Å². The smallest absolute Gasteiger partial charge is 0.387 e. The summed E-state index contributed by atoms with van der Waals surface area (Å²) in [6.07, 6.45) is 1.14. The van der Waals surface area contributed by atoms with Crippen molar-refractivity contribution in [2.75, 3.05) is 13.2 Å². The molecule has 0 aliphatic carbocycles. The minimum atomic E-state index is -3.87. The van der Waals surface area contributed by atoms with Crippen molar-refractivity contribution < 1.29 is 27.3 Å². The molecule has 0 unspecified atom stereocenters. The van der Waals surface area contributed by atoms with Gasteiger partial charge in [-0.1, -0.05) is 189 Å². The lowest BCUT2D eigenvalue weighted by Crippen LogP contribution is -2.79. The van der Waals surface area contributed by atoms with Gasteiger partial charge < -0.3 is 17.7 Å². The first-order valence-electron chi connectivity index (χ1n) is 20.7. The zero-order valence-corrected chi connectivity index (χ0v) is 38.2. The van der Waals surface area contributed by atoms with E-state index in [9.17, 15) is 9.59 Å². The third kappa shape index (κ3) is 10.3. The van der Waals surface area contributed by atoms with Gasteiger partial charge in [-0.2, -0.15) is 0 Å². The monoisotopic (exact) mass is 848 g/mol. The molecule has 0 radical (unpaired) electrons. The van der Waals surface area contributed by atoms with Crippen molar-refractivity contribution in [3.63, 3.8) is 0 Å². The lowest BCUT2D eigenvalue weighted by atomic mass is 9.97. The van der Waals surface area contributed by atoms with Gasteiger partial charge in [0.05, 0.1) is 18.6 Å². The summed E-state index contributed by atoms with van der Waals surface area (Å²) in [6, 6.07) is 64.4. The van der Waals surface area contributed by atoms with Gasteiger partial charge in [0.15, 0.2) is 0 Å². The van der Waals surface area contributed by atoms with E-state index in [1.807, 2.05) is 57.2 Å². The van der Waals surface area contributed by atoms with Gasteiger partial charge in [0, 0.05) is 5.57 Å². The minimum absolute atomic E-state index is 0.218. The quantitative estimate of drug-likeness (QED) is 0.0370. The van der Waals surface area contributed by atoms with E-state index in [0.29, 0.717) is 30.5 Å². The van der Waals surface area contributed by atoms with Gasteiger partial charge in [0.25, 0.3) is 0 Å². The average molecular weight is 849 g/mol. The van der Waals surface area contributed by atoms with Crippen LogP contribution in [0.4, 0.5) is 0 Å². The molecule has 0 saturated carbocycles. The standard InChI is InChI=1S/C51H56O6Si3/c1-42(2)49(52)54-38-24-40-58(43-26-12-6-13-27-43,44-28-14-7-15-29-44)56-60(47-34-20-10-21-35-47,48-36-22-11-23-37-48)57-59(45-30-16-8-17-31-45,46-32-18-9-19-33-46)41-25-39-55-50(53)51(3,4)5/h6-23,26-37H,1,24-25,38-41H2,2-5H3. The molecule has 6 rings (SSSR count). The molecule has 6 aromatic rings. The van der Waals surface area contributed by atoms with Crippen LogP contribution < -0.4 is 31.1 Å². The largest absolute Gasteiger partial charge is 0.465 e. The first-order valence-corrected chi connectivity index (χ1v) is 26.8. The Morgan fingerprint density at radius 3 is 1.03 bits per heavy atom. The topological polar surface area (TPSA) is 71.1 Å². The van der Waals surface area contributed by atoms with Crippen molar-refractivity contribution in [1.29, 1.82) is 0 Å². The van der Waals surface area contributed by atoms with E-state index < -0.39 is 36.6 Å². The van der Waals surface area contributed by atoms with Gasteiger partial charge in [0.2, 0.25) is 16.6 Å². The summed E-state index contributed by atoms with van der Waals surface area (Å²) in [6.45, 7) is 11.6. The molecule has 0 aliphatic rings. The maximum absolute atomic E-state index is 13.1. The van der Waals surface area contributed by atoms with Crippen molar-refractivity contribution in [1.82, 2.24) is 0 Å². The highest BCUT2D eigenvalue weighted by molar-refractivity contribution is 7.12. The second-order valence-corrected chi connectivity index (χ2v) is 26.8. The Morgan fingerprint density at radius 2 is 0.750 bits per heavy atom. The zero-order chi connectivity index (χ0) is 42.5. The summed E-state index contributed by atoms with van der Waals surface area (Å²) < 4.78 is 28.6. The van der Waals surface area contributed by atoms with Crippen LogP contribution >= 0.6 is 0 Å². The van der Waals surface area contributed by atoms with Gasteiger partial charge in [0.1, 0.15) is 0 Å². The van der Waals surface area contributed by atoms with Crippen molar-refractivity contribution >= 4 is 68.3 Å². The molecule has 60 heavy (non-hydrogen) atoms. The molecule has 0 saturated heterocycles. The first kappa shape index (κ1) is 44.1. The minimum Gasteiger partial charge on any atom is -0.465 e. The molecule has 0 fully saturated rings. The third-order valence-corrected chi connectivity index (χ3v) is 25.1. The zero-order valence-electron chi connectivity index (χ0n) is 35.2. The summed E-state index contributed by atoms with van der Waals surface area (Å²) in [5.74, 6) is -0.635. The summed E-state index contributed by atoms with van der Waals surface area (Å²) >= 11 is 0. The van der Waals surface area contributed by atoms with Crippen LogP contribution in [0.25, 0.3) is 0 Å². The lowest BCUT2D eigenvalue weighted by Gasteiger charge is -2.47. The molecular weight excluding hydrogens is 793 g/mol. The van der Waals surface area contributed by atoms with Gasteiger partial charge >= 0.3 is 20.5 Å². The predicted octanol–water partition coefficient (Wildman–Crippen LogP) is 7.28. The predicted molar refractivity (Wildman–Crippen MR) is 251 cm³/mol. The second kappa shape index (κ2) is 20.2. The van der Waals surface area contributed by atoms with E-state index in [4.69, 9.17) is 17.7 Å². The van der Waals surface area contributed by atoms with Crippen molar-refractivity contribution in [2.45, 2.75) is 52.6 Å². The highest BCUT2D eigenvalue weighted by Gasteiger charge is 2.57. The molecule has 0 aliphatic heterocycles. The number of ether oxygens (including phenoxy) is 2. The van der Waals surface area contributed by atoms with E-state index >= 15 is 0 Å². The van der Waals surface area contributed by atoms with Crippen LogP contribution in [0.15, 0.2) is 194 Å². The van der Waals surface area contributed by atoms with E-state index in [2.05, 4.69) is 152 Å². The molecular formula is C51H56O6Si3. The number of hydrogen-bond acceptors (Lipinski definition) is 6.